The van der Waals surface area contributed by atoms with Crippen LogP contribution >= 0.6 is 27.3 Å². The van der Waals surface area contributed by atoms with Crippen LogP contribution in [0, 0.1) is 5.92 Å². The molecule has 0 bridgehead atoms. The highest BCUT2D eigenvalue weighted by atomic mass is 79.9. The van der Waals surface area contributed by atoms with E-state index < -0.39 is 27.0 Å². The number of thiophene rings is 1. The maximum Gasteiger partial charge on any atom is 0.322 e. The number of carboxylic acid groups (broad SMARTS) is 1. The summed E-state index contributed by atoms with van der Waals surface area (Å²) in [5.74, 6) is -1.95. The Morgan fingerprint density at radius 3 is 2.47 bits per heavy atom. The molecule has 0 aromatic carbocycles. The normalized spacial score (nSPS) is 13.9. The van der Waals surface area contributed by atoms with Gasteiger partial charge in [0.15, 0.2) is 15.1 Å². The van der Waals surface area contributed by atoms with Gasteiger partial charge in [0.1, 0.15) is 0 Å². The first kappa shape index (κ1) is 14.7. The Bertz CT molecular complexity index is 504. The molecule has 0 aliphatic rings. The highest BCUT2D eigenvalue weighted by Gasteiger charge is 2.35. The number of sulfone groups is 1. The van der Waals surface area contributed by atoms with Gasteiger partial charge in [-0.1, -0.05) is 13.8 Å². The summed E-state index contributed by atoms with van der Waals surface area (Å²) >= 11 is 4.53. The Labute approximate surface area is 113 Å². The van der Waals surface area contributed by atoms with Crippen LogP contribution in [0.4, 0.5) is 0 Å². The quantitative estimate of drug-likeness (QED) is 0.893. The first-order valence-electron chi connectivity index (χ1n) is 4.91. The highest BCUT2D eigenvalue weighted by Crippen LogP contribution is 2.25. The molecule has 1 heterocycles. The highest BCUT2D eigenvalue weighted by molar-refractivity contribution is 9.10. The van der Waals surface area contributed by atoms with E-state index in [-0.39, 0.29) is 5.75 Å². The van der Waals surface area contributed by atoms with Crippen LogP contribution in [0.2, 0.25) is 0 Å². The second-order valence-electron chi connectivity index (χ2n) is 4.04. The summed E-state index contributed by atoms with van der Waals surface area (Å²) in [5.41, 5.74) is 0. The van der Waals surface area contributed by atoms with Gasteiger partial charge in [0.05, 0.1) is 5.75 Å². The Morgan fingerprint density at radius 1 is 1.53 bits per heavy atom. The Kier molecular flexibility index (Phi) is 4.74. The lowest BCUT2D eigenvalue weighted by molar-refractivity contribution is -0.137. The summed E-state index contributed by atoms with van der Waals surface area (Å²) in [6, 6.07) is 1.70. The molecule has 96 valence electrons. The maximum absolute atomic E-state index is 12.0. The molecule has 0 aliphatic heterocycles. The van der Waals surface area contributed by atoms with Crippen LogP contribution in [0.5, 0.6) is 0 Å². The van der Waals surface area contributed by atoms with Crippen molar-refractivity contribution in [2.75, 3.05) is 0 Å². The van der Waals surface area contributed by atoms with Crippen molar-refractivity contribution >= 4 is 43.1 Å². The lowest BCUT2D eigenvalue weighted by Gasteiger charge is -2.16. The summed E-state index contributed by atoms with van der Waals surface area (Å²) in [6.45, 7) is 3.20. The van der Waals surface area contributed by atoms with Crippen LogP contribution < -0.4 is 0 Å². The van der Waals surface area contributed by atoms with E-state index in [1.54, 1.807) is 25.3 Å². The van der Waals surface area contributed by atoms with Crippen LogP contribution in [0.25, 0.3) is 0 Å². The van der Waals surface area contributed by atoms with Gasteiger partial charge >= 0.3 is 5.97 Å². The smallest absolute Gasteiger partial charge is 0.322 e. The van der Waals surface area contributed by atoms with Crippen LogP contribution in [0.1, 0.15) is 18.7 Å². The van der Waals surface area contributed by atoms with E-state index in [4.69, 9.17) is 5.11 Å². The van der Waals surface area contributed by atoms with Gasteiger partial charge in [-0.2, -0.15) is 0 Å². The molecular weight excluding hydrogens is 328 g/mol. The van der Waals surface area contributed by atoms with Crippen molar-refractivity contribution in [3.63, 3.8) is 0 Å². The fourth-order valence-electron chi connectivity index (χ4n) is 1.57. The van der Waals surface area contributed by atoms with Crippen molar-refractivity contribution in [2.24, 2.45) is 5.92 Å². The average molecular weight is 341 g/mol. The van der Waals surface area contributed by atoms with Gasteiger partial charge in [-0.25, -0.2) is 8.42 Å². The predicted molar refractivity (Wildman–Crippen MR) is 70.9 cm³/mol. The third-order valence-electron chi connectivity index (χ3n) is 2.20. The third-order valence-corrected chi connectivity index (χ3v) is 6.31. The van der Waals surface area contributed by atoms with Crippen LogP contribution in [0.15, 0.2) is 15.9 Å². The summed E-state index contributed by atoms with van der Waals surface area (Å²) in [7, 11) is -3.67. The molecule has 1 unspecified atom stereocenters. The molecule has 1 aromatic rings. The van der Waals surface area contributed by atoms with Gasteiger partial charge < -0.3 is 5.11 Å². The lowest BCUT2D eigenvalue weighted by Crippen LogP contribution is -2.35. The molecule has 0 aliphatic carbocycles. The molecule has 0 saturated heterocycles. The van der Waals surface area contributed by atoms with Gasteiger partial charge in [-0.05, 0) is 27.9 Å². The first-order valence-corrected chi connectivity index (χ1v) is 8.30. The first-order chi connectivity index (χ1) is 7.74. The third kappa shape index (κ3) is 3.79. The maximum atomic E-state index is 12.0. The topological polar surface area (TPSA) is 71.4 Å². The fraction of sp³-hybridized carbons (Fsp3) is 0.500. The average Bonchev–Trinajstić information content (AvgIpc) is 2.47. The van der Waals surface area contributed by atoms with Crippen molar-refractivity contribution in [3.8, 4) is 0 Å². The molecule has 17 heavy (non-hydrogen) atoms. The van der Waals surface area contributed by atoms with Crippen molar-refractivity contribution < 1.29 is 18.3 Å². The molecule has 0 amide bonds. The summed E-state index contributed by atoms with van der Waals surface area (Å²) < 4.78 is 24.8. The minimum Gasteiger partial charge on any atom is -0.480 e. The van der Waals surface area contributed by atoms with Gasteiger partial charge in [0.25, 0.3) is 0 Å². The molecule has 0 radical (unpaired) electrons. The second-order valence-corrected chi connectivity index (χ2v) is 8.08. The molecule has 1 atom stereocenters. The van der Waals surface area contributed by atoms with E-state index in [0.29, 0.717) is 4.88 Å². The summed E-state index contributed by atoms with van der Waals surface area (Å²) in [4.78, 5) is 11.6. The van der Waals surface area contributed by atoms with Crippen molar-refractivity contribution in [1.82, 2.24) is 0 Å². The summed E-state index contributed by atoms with van der Waals surface area (Å²) in [5, 5.41) is 9.41. The van der Waals surface area contributed by atoms with Gasteiger partial charge in [0, 0.05) is 14.7 Å². The number of carboxylic acids is 1. The Morgan fingerprint density at radius 2 is 2.12 bits per heavy atom. The zero-order valence-electron chi connectivity index (χ0n) is 9.38. The summed E-state index contributed by atoms with van der Waals surface area (Å²) in [6.07, 6.45) is 0. The molecule has 0 saturated carbocycles. The lowest BCUT2D eigenvalue weighted by atomic mass is 10.1. The molecule has 4 nitrogen and oxygen atoms in total. The van der Waals surface area contributed by atoms with Crippen molar-refractivity contribution in [2.45, 2.75) is 24.9 Å². The fourth-order valence-corrected chi connectivity index (χ4v) is 5.37. The number of aliphatic carboxylic acids is 1. The van der Waals surface area contributed by atoms with Crippen LogP contribution in [0.3, 0.4) is 0 Å². The largest absolute Gasteiger partial charge is 0.480 e. The van der Waals surface area contributed by atoms with Crippen LogP contribution in [-0.4, -0.2) is 24.7 Å². The van der Waals surface area contributed by atoms with Crippen molar-refractivity contribution in [1.29, 1.82) is 0 Å². The minimum absolute atomic E-state index is 0.224. The number of rotatable bonds is 5. The second kappa shape index (κ2) is 5.49. The molecule has 0 fully saturated rings. The number of hydrogen-bond donors (Lipinski definition) is 1. The monoisotopic (exact) mass is 340 g/mol. The molecule has 1 N–H and O–H groups in total. The molecule has 0 spiro atoms. The zero-order chi connectivity index (χ0) is 13.2. The van der Waals surface area contributed by atoms with E-state index in [2.05, 4.69) is 15.9 Å². The van der Waals surface area contributed by atoms with Crippen molar-refractivity contribution in [3.05, 3.63) is 20.8 Å². The minimum atomic E-state index is -3.67. The predicted octanol–water partition coefficient (Wildman–Crippen LogP) is 2.53. The Balaban J connectivity index is 2.98. The molecule has 1 rings (SSSR count). The zero-order valence-corrected chi connectivity index (χ0v) is 12.6. The van der Waals surface area contributed by atoms with E-state index in [1.807, 2.05) is 0 Å². The molecule has 1 aromatic heterocycles. The van der Waals surface area contributed by atoms with Crippen LogP contribution in [-0.2, 0) is 20.4 Å². The van der Waals surface area contributed by atoms with Gasteiger partial charge in [0.2, 0.25) is 0 Å². The Hall–Kier alpha value is -0.400. The van der Waals surface area contributed by atoms with Gasteiger partial charge in [-0.3, -0.25) is 4.79 Å². The van der Waals surface area contributed by atoms with E-state index in [0.717, 1.165) is 4.47 Å². The SMILES string of the molecule is CC(C)C(C(=O)O)S(=O)(=O)Cc1cc(Br)cs1. The van der Waals surface area contributed by atoms with E-state index in [1.165, 1.54) is 11.3 Å². The standard InChI is InChI=1S/C10H13BrO4S2/c1-6(2)9(10(12)13)17(14,15)5-8-3-7(11)4-16-8/h3-4,6,9H,5H2,1-2H3,(H,12,13). The number of halogens is 1. The van der Waals surface area contributed by atoms with E-state index >= 15 is 0 Å². The van der Waals surface area contributed by atoms with Gasteiger partial charge in [-0.15, -0.1) is 11.3 Å². The number of carbonyl (C=O) groups is 1. The number of hydrogen-bond acceptors (Lipinski definition) is 4. The van der Waals surface area contributed by atoms with E-state index in [9.17, 15) is 13.2 Å². The molecular formula is C10H13BrO4S2. The molecule has 7 heteroatoms.